The molecule has 0 aromatic heterocycles. The number of hydrogen-bond acceptors (Lipinski definition) is 6. The number of benzene rings is 1. The Kier molecular flexibility index (Phi) is 6.48. The number of thioether (sulfide) groups is 1. The van der Waals surface area contributed by atoms with Crippen LogP contribution in [0.4, 0.5) is 15.3 Å². The Morgan fingerprint density at radius 1 is 1.22 bits per heavy atom. The van der Waals surface area contributed by atoms with E-state index in [1.807, 2.05) is 0 Å². The average Bonchev–Trinajstić information content (AvgIpc) is 2.86. The van der Waals surface area contributed by atoms with Crippen molar-refractivity contribution in [3.63, 3.8) is 0 Å². The molecule has 2 N–H and O–H groups in total. The number of hydrogen-bond donors (Lipinski definition) is 2. The summed E-state index contributed by atoms with van der Waals surface area (Å²) in [7, 11) is 0. The maximum atomic E-state index is 12.2. The number of anilines is 1. The minimum absolute atomic E-state index is 0.176. The lowest BCUT2D eigenvalue weighted by molar-refractivity contribution is -0.125. The number of carbonyl (C=O) groups is 4. The molecule has 0 spiro atoms. The zero-order valence-electron chi connectivity index (χ0n) is 15.7. The van der Waals surface area contributed by atoms with Gasteiger partial charge >= 0.3 is 6.09 Å². The summed E-state index contributed by atoms with van der Waals surface area (Å²) in [6.07, 6.45) is -0.668. The second-order valence-electron chi connectivity index (χ2n) is 7.09. The number of alkyl carbamates (subject to hydrolysis) is 1. The van der Waals surface area contributed by atoms with Crippen LogP contribution in [0.5, 0.6) is 0 Å². The van der Waals surface area contributed by atoms with Crippen molar-refractivity contribution >= 4 is 40.6 Å². The first-order chi connectivity index (χ1) is 12.5. The van der Waals surface area contributed by atoms with Gasteiger partial charge in [0.1, 0.15) is 11.6 Å². The quantitative estimate of drug-likeness (QED) is 0.797. The number of nitrogens with one attached hydrogen (secondary N) is 2. The summed E-state index contributed by atoms with van der Waals surface area (Å²) in [5.41, 5.74) is 0.666. The van der Waals surface area contributed by atoms with Gasteiger partial charge in [-0.1, -0.05) is 23.9 Å². The fraction of sp³-hybridized carbons (Fsp3) is 0.444. The van der Waals surface area contributed by atoms with Crippen molar-refractivity contribution in [2.45, 2.75) is 45.9 Å². The predicted molar refractivity (Wildman–Crippen MR) is 102 cm³/mol. The number of amides is 4. The van der Waals surface area contributed by atoms with Crippen molar-refractivity contribution in [2.24, 2.45) is 0 Å². The molecule has 1 aromatic rings. The fourth-order valence-electron chi connectivity index (χ4n) is 2.21. The maximum absolute atomic E-state index is 12.2. The van der Waals surface area contributed by atoms with Gasteiger partial charge in [-0.2, -0.15) is 0 Å². The molecule has 1 aliphatic heterocycles. The van der Waals surface area contributed by atoms with Crippen LogP contribution in [0.15, 0.2) is 24.3 Å². The number of ether oxygens (including phenoxy) is 1. The molecule has 1 atom stereocenters. The lowest BCUT2D eigenvalue weighted by Gasteiger charge is -2.21. The monoisotopic (exact) mass is 393 g/mol. The molecule has 1 saturated heterocycles. The summed E-state index contributed by atoms with van der Waals surface area (Å²) in [4.78, 5) is 48.3. The van der Waals surface area contributed by atoms with Gasteiger partial charge in [0, 0.05) is 5.69 Å². The normalized spacial score (nSPS) is 15.5. The highest BCUT2D eigenvalue weighted by molar-refractivity contribution is 8.14. The molecule has 1 fully saturated rings. The molecule has 1 heterocycles. The summed E-state index contributed by atoms with van der Waals surface area (Å²) in [5.74, 6) is -0.422. The largest absolute Gasteiger partial charge is 0.444 e. The molecule has 146 valence electrons. The predicted octanol–water partition coefficient (Wildman–Crippen LogP) is 2.73. The van der Waals surface area contributed by atoms with Crippen LogP contribution >= 0.6 is 11.8 Å². The molecule has 0 bridgehead atoms. The van der Waals surface area contributed by atoms with E-state index in [0.717, 1.165) is 17.3 Å². The van der Waals surface area contributed by atoms with E-state index in [9.17, 15) is 19.2 Å². The lowest BCUT2D eigenvalue weighted by atomic mass is 10.2. The lowest BCUT2D eigenvalue weighted by Crippen LogP contribution is -2.43. The van der Waals surface area contributed by atoms with Gasteiger partial charge in [-0.3, -0.25) is 19.3 Å². The molecule has 27 heavy (non-hydrogen) atoms. The smallest absolute Gasteiger partial charge is 0.408 e. The van der Waals surface area contributed by atoms with Crippen LogP contribution in [0.2, 0.25) is 0 Å². The second kappa shape index (κ2) is 8.43. The molecule has 0 saturated carbocycles. The van der Waals surface area contributed by atoms with Crippen molar-refractivity contribution in [1.29, 1.82) is 0 Å². The number of nitrogens with zero attached hydrogens (tertiary/aromatic N) is 1. The zero-order chi connectivity index (χ0) is 20.2. The van der Waals surface area contributed by atoms with E-state index in [4.69, 9.17) is 4.74 Å². The summed E-state index contributed by atoms with van der Waals surface area (Å²) >= 11 is 0.991. The molecule has 8 nitrogen and oxygen atoms in total. The van der Waals surface area contributed by atoms with Crippen LogP contribution < -0.4 is 10.6 Å². The van der Waals surface area contributed by atoms with E-state index in [2.05, 4.69) is 10.6 Å². The van der Waals surface area contributed by atoms with Crippen LogP contribution in [0.3, 0.4) is 0 Å². The minimum atomic E-state index is -0.781. The zero-order valence-corrected chi connectivity index (χ0v) is 16.5. The third-order valence-corrected chi connectivity index (χ3v) is 4.39. The Balaban J connectivity index is 1.88. The molecule has 0 unspecified atom stereocenters. The van der Waals surface area contributed by atoms with Crippen molar-refractivity contribution in [3.8, 4) is 0 Å². The van der Waals surface area contributed by atoms with Crippen molar-refractivity contribution in [1.82, 2.24) is 10.2 Å². The Bertz CT molecular complexity index is 726. The number of rotatable bonds is 5. The summed E-state index contributed by atoms with van der Waals surface area (Å²) in [6, 6.07) is 6.02. The molecular formula is C18H23N3O5S. The van der Waals surface area contributed by atoms with E-state index >= 15 is 0 Å². The van der Waals surface area contributed by atoms with Gasteiger partial charge in [-0.25, -0.2) is 4.79 Å². The van der Waals surface area contributed by atoms with E-state index in [1.54, 1.807) is 52.0 Å². The van der Waals surface area contributed by atoms with Crippen LogP contribution in [-0.2, 0) is 20.9 Å². The standard InChI is InChI=1S/C18H23N3O5S/c1-11(19-16(24)26-18(2,3)4)15(23)20-13-7-5-12(6-8-13)9-21-14(22)10-27-17(21)25/h5-8,11H,9-10H2,1-4H3,(H,19,24)(H,20,23)/t11-/m1/s1. The van der Waals surface area contributed by atoms with E-state index in [-0.39, 0.29) is 23.4 Å². The summed E-state index contributed by atoms with van der Waals surface area (Å²) < 4.78 is 5.11. The van der Waals surface area contributed by atoms with E-state index in [0.29, 0.717) is 5.69 Å². The summed E-state index contributed by atoms with van der Waals surface area (Å²) in [5, 5.41) is 4.91. The van der Waals surface area contributed by atoms with Crippen molar-refractivity contribution in [2.75, 3.05) is 11.1 Å². The first-order valence-electron chi connectivity index (χ1n) is 8.41. The molecule has 9 heteroatoms. The van der Waals surface area contributed by atoms with Gasteiger partial charge in [-0.15, -0.1) is 0 Å². The van der Waals surface area contributed by atoms with Crippen molar-refractivity contribution < 1.29 is 23.9 Å². The van der Waals surface area contributed by atoms with Gasteiger partial charge in [0.2, 0.25) is 11.8 Å². The van der Waals surface area contributed by atoms with Gasteiger partial charge in [0.05, 0.1) is 12.3 Å². The molecule has 2 rings (SSSR count). The van der Waals surface area contributed by atoms with Crippen LogP contribution in [0, 0.1) is 0 Å². The molecular weight excluding hydrogens is 370 g/mol. The van der Waals surface area contributed by atoms with Gasteiger partial charge < -0.3 is 15.4 Å². The van der Waals surface area contributed by atoms with Crippen LogP contribution in [0.25, 0.3) is 0 Å². The first-order valence-corrected chi connectivity index (χ1v) is 9.40. The van der Waals surface area contributed by atoms with Gasteiger partial charge in [0.15, 0.2) is 0 Å². The van der Waals surface area contributed by atoms with Gasteiger partial charge in [0.25, 0.3) is 5.24 Å². The topological polar surface area (TPSA) is 105 Å². The third-order valence-electron chi connectivity index (χ3n) is 3.53. The Morgan fingerprint density at radius 3 is 2.37 bits per heavy atom. The van der Waals surface area contributed by atoms with Crippen LogP contribution in [-0.4, -0.2) is 45.4 Å². The fourth-order valence-corrected chi connectivity index (χ4v) is 2.94. The summed E-state index contributed by atoms with van der Waals surface area (Å²) in [6.45, 7) is 6.97. The Morgan fingerprint density at radius 2 is 1.85 bits per heavy atom. The molecule has 1 aliphatic rings. The first kappa shape index (κ1) is 20.8. The van der Waals surface area contributed by atoms with Crippen molar-refractivity contribution in [3.05, 3.63) is 29.8 Å². The van der Waals surface area contributed by atoms with E-state index < -0.39 is 23.6 Å². The second-order valence-corrected chi connectivity index (χ2v) is 8.02. The highest BCUT2D eigenvalue weighted by atomic mass is 32.2. The number of imide groups is 1. The average molecular weight is 393 g/mol. The van der Waals surface area contributed by atoms with Crippen LogP contribution in [0.1, 0.15) is 33.3 Å². The Hall–Kier alpha value is -2.55. The highest BCUT2D eigenvalue weighted by Gasteiger charge is 2.29. The highest BCUT2D eigenvalue weighted by Crippen LogP contribution is 2.21. The number of carbonyl (C=O) groups excluding carboxylic acids is 4. The molecule has 4 amide bonds. The molecule has 1 aromatic carbocycles. The minimum Gasteiger partial charge on any atom is -0.444 e. The SMILES string of the molecule is C[C@@H](NC(=O)OC(C)(C)C)C(=O)Nc1ccc(CN2C(=O)CSC2=O)cc1. The van der Waals surface area contributed by atoms with E-state index in [1.165, 1.54) is 4.90 Å². The maximum Gasteiger partial charge on any atom is 0.408 e. The third kappa shape index (κ3) is 6.28. The molecule has 0 aliphatic carbocycles. The Labute approximate surface area is 162 Å². The van der Waals surface area contributed by atoms with Gasteiger partial charge in [-0.05, 0) is 45.4 Å². The molecule has 0 radical (unpaired) electrons.